The van der Waals surface area contributed by atoms with Crippen molar-refractivity contribution in [2.75, 3.05) is 18.8 Å². The molecule has 1 N–H and O–H groups in total. The van der Waals surface area contributed by atoms with E-state index in [4.69, 9.17) is 0 Å². The third-order valence-electron chi connectivity index (χ3n) is 5.43. The Kier molecular flexibility index (Phi) is 6.05. The van der Waals surface area contributed by atoms with Crippen molar-refractivity contribution < 1.29 is 18.0 Å². The molecule has 31 heavy (non-hydrogen) atoms. The molecule has 4 rings (SSSR count). The van der Waals surface area contributed by atoms with E-state index in [-0.39, 0.29) is 61.7 Å². The highest BCUT2D eigenvalue weighted by molar-refractivity contribution is 7.89. The van der Waals surface area contributed by atoms with Crippen molar-refractivity contribution in [1.29, 1.82) is 0 Å². The average molecular weight is 448 g/mol. The highest BCUT2D eigenvalue weighted by Crippen LogP contribution is 2.39. The highest BCUT2D eigenvalue weighted by Gasteiger charge is 2.31. The minimum absolute atomic E-state index is 0.0138. The first-order valence-electron chi connectivity index (χ1n) is 10.4. The number of benzene rings is 1. The quantitative estimate of drug-likeness (QED) is 0.554. The molecule has 1 aliphatic carbocycles. The summed E-state index contributed by atoms with van der Waals surface area (Å²) in [6.07, 6.45) is 2.98. The number of aromatic nitrogens is 3. The maximum Gasteiger partial charge on any atom is 0.350 e. The van der Waals surface area contributed by atoms with Crippen molar-refractivity contribution in [2.24, 2.45) is 0 Å². The van der Waals surface area contributed by atoms with E-state index in [1.165, 1.54) is 4.68 Å². The summed E-state index contributed by atoms with van der Waals surface area (Å²) in [6, 6.07) is 9.25. The van der Waals surface area contributed by atoms with Gasteiger partial charge in [-0.15, -0.1) is 0 Å². The van der Waals surface area contributed by atoms with Crippen molar-refractivity contribution in [3.8, 4) is 5.69 Å². The molecule has 1 aromatic heterocycles. The monoisotopic (exact) mass is 447 g/mol. The number of hydrogen-bond donors (Lipinski definition) is 1. The number of sulfonamides is 1. The molecular formula is C20H25N5O5S. The van der Waals surface area contributed by atoms with Crippen molar-refractivity contribution >= 4 is 21.8 Å². The van der Waals surface area contributed by atoms with Crippen LogP contribution in [0.3, 0.4) is 0 Å². The molecule has 11 heteroatoms. The van der Waals surface area contributed by atoms with Gasteiger partial charge in [0.15, 0.2) is 0 Å². The first-order valence-corrected chi connectivity index (χ1v) is 12.1. The fraction of sp³-hybridized carbons (Fsp3) is 0.500. The minimum atomic E-state index is -3.72. The summed E-state index contributed by atoms with van der Waals surface area (Å²) in [5.74, 6) is -0.105. The van der Waals surface area contributed by atoms with E-state index in [1.54, 1.807) is 4.57 Å². The van der Waals surface area contributed by atoms with E-state index in [2.05, 4.69) is 9.82 Å². The summed E-state index contributed by atoms with van der Waals surface area (Å²) in [5, 5.41) is 4.44. The van der Waals surface area contributed by atoms with E-state index in [1.807, 2.05) is 30.3 Å². The molecule has 1 saturated carbocycles. The molecule has 2 fully saturated rings. The fourth-order valence-electron chi connectivity index (χ4n) is 3.64. The van der Waals surface area contributed by atoms with Crippen molar-refractivity contribution in [1.82, 2.24) is 24.0 Å². The number of hydrogen-bond acceptors (Lipinski definition) is 6. The summed E-state index contributed by atoms with van der Waals surface area (Å²) >= 11 is 0. The molecule has 10 nitrogen and oxygen atoms in total. The highest BCUT2D eigenvalue weighted by atomic mass is 32.2. The Hall–Kier alpha value is -2.79. The van der Waals surface area contributed by atoms with Gasteiger partial charge in [-0.2, -0.15) is 5.10 Å². The molecule has 0 radical (unpaired) electrons. The van der Waals surface area contributed by atoms with Gasteiger partial charge in [0.2, 0.25) is 21.8 Å². The lowest BCUT2D eigenvalue weighted by Gasteiger charge is -2.24. The van der Waals surface area contributed by atoms with E-state index in [9.17, 15) is 22.8 Å². The maximum atomic E-state index is 12.9. The molecule has 1 aliphatic heterocycles. The molecular weight excluding hydrogens is 422 g/mol. The number of rotatable bonds is 9. The molecule has 2 amide bonds. The van der Waals surface area contributed by atoms with Crippen molar-refractivity contribution in [3.05, 3.63) is 46.6 Å². The zero-order valence-electron chi connectivity index (χ0n) is 17.1. The number of imide groups is 1. The van der Waals surface area contributed by atoms with E-state index >= 15 is 0 Å². The standard InChI is InChI=1S/C20H25N5O5S/c26-17-7-4-8-18(27)23(17)13-14-31(29,30)21-11-12-24-20(28)25(16-5-2-1-3-6-16)19(22-24)15-9-10-15/h1-3,5-6,15,21H,4,7-14H2. The van der Waals surface area contributed by atoms with Crippen LogP contribution >= 0.6 is 0 Å². The number of nitrogens with zero attached hydrogens (tertiary/aromatic N) is 4. The normalized spacial score (nSPS) is 17.4. The van der Waals surface area contributed by atoms with Gasteiger partial charge in [0, 0.05) is 31.8 Å². The van der Waals surface area contributed by atoms with E-state index in [0.29, 0.717) is 12.2 Å². The maximum absolute atomic E-state index is 12.9. The van der Waals surface area contributed by atoms with Gasteiger partial charge in [0.05, 0.1) is 18.0 Å². The summed E-state index contributed by atoms with van der Waals surface area (Å²) in [5.41, 5.74) is 0.425. The second-order valence-corrected chi connectivity index (χ2v) is 9.74. The number of para-hydroxylation sites is 1. The van der Waals surface area contributed by atoms with Crippen LogP contribution in [0.1, 0.15) is 43.8 Å². The van der Waals surface area contributed by atoms with Gasteiger partial charge in [-0.25, -0.2) is 27.2 Å². The lowest BCUT2D eigenvalue weighted by atomic mass is 10.1. The predicted molar refractivity (Wildman–Crippen MR) is 112 cm³/mol. The predicted octanol–water partition coefficient (Wildman–Crippen LogP) is 0.370. The van der Waals surface area contributed by atoms with Crippen LogP contribution in [0.15, 0.2) is 35.1 Å². The Bertz CT molecular complexity index is 1120. The summed E-state index contributed by atoms with van der Waals surface area (Å²) in [7, 11) is -3.72. The van der Waals surface area contributed by atoms with Crippen LogP contribution < -0.4 is 10.4 Å². The average Bonchev–Trinajstić information content (AvgIpc) is 3.53. The van der Waals surface area contributed by atoms with Gasteiger partial charge < -0.3 is 0 Å². The third kappa shape index (κ3) is 4.93. The number of piperidine rings is 1. The zero-order chi connectivity index (χ0) is 22.0. The Morgan fingerprint density at radius 2 is 1.68 bits per heavy atom. The van der Waals surface area contributed by atoms with Crippen LogP contribution in [0.2, 0.25) is 0 Å². The summed E-state index contributed by atoms with van der Waals surface area (Å²) in [4.78, 5) is 37.5. The third-order valence-corrected chi connectivity index (χ3v) is 6.80. The van der Waals surface area contributed by atoms with E-state index in [0.717, 1.165) is 23.4 Å². The topological polar surface area (TPSA) is 123 Å². The Morgan fingerprint density at radius 1 is 1.00 bits per heavy atom. The fourth-order valence-corrected chi connectivity index (χ4v) is 4.61. The molecule has 2 heterocycles. The first-order chi connectivity index (χ1) is 14.9. The molecule has 1 aromatic carbocycles. The Labute approximate surface area is 179 Å². The van der Waals surface area contributed by atoms with Gasteiger partial charge >= 0.3 is 5.69 Å². The molecule has 0 bridgehead atoms. The Balaban J connectivity index is 1.39. The largest absolute Gasteiger partial charge is 0.350 e. The van der Waals surface area contributed by atoms with Gasteiger partial charge in [-0.1, -0.05) is 18.2 Å². The van der Waals surface area contributed by atoms with Gasteiger partial charge in [0.1, 0.15) is 5.82 Å². The number of carbonyl (C=O) groups is 2. The summed E-state index contributed by atoms with van der Waals surface area (Å²) in [6.45, 7) is -0.0966. The molecule has 0 atom stereocenters. The number of likely N-dealkylation sites (tertiary alicyclic amines) is 1. The second kappa shape index (κ2) is 8.75. The Morgan fingerprint density at radius 3 is 2.32 bits per heavy atom. The van der Waals surface area contributed by atoms with Crippen LogP contribution in [0.5, 0.6) is 0 Å². The molecule has 0 spiro atoms. The number of nitrogens with one attached hydrogen (secondary N) is 1. The van der Waals surface area contributed by atoms with Crippen LogP contribution in [0.25, 0.3) is 5.69 Å². The van der Waals surface area contributed by atoms with Gasteiger partial charge in [0.25, 0.3) is 0 Å². The molecule has 2 aliphatic rings. The van der Waals surface area contributed by atoms with E-state index < -0.39 is 10.0 Å². The lowest BCUT2D eigenvalue weighted by Crippen LogP contribution is -2.44. The first kappa shape index (κ1) is 21.4. The zero-order valence-corrected chi connectivity index (χ0v) is 17.9. The SMILES string of the molecule is O=C1CCCC(=O)N1CCS(=O)(=O)NCCn1nc(C2CC2)n(-c2ccccc2)c1=O. The van der Waals surface area contributed by atoms with Gasteiger partial charge in [-0.3, -0.25) is 14.5 Å². The molecule has 0 unspecified atom stereocenters. The van der Waals surface area contributed by atoms with Crippen LogP contribution in [-0.2, 0) is 26.2 Å². The lowest BCUT2D eigenvalue weighted by molar-refractivity contribution is -0.147. The van der Waals surface area contributed by atoms with Crippen LogP contribution in [-0.4, -0.2) is 58.3 Å². The van der Waals surface area contributed by atoms with Crippen molar-refractivity contribution in [2.45, 2.75) is 44.6 Å². The van der Waals surface area contributed by atoms with Crippen molar-refractivity contribution in [3.63, 3.8) is 0 Å². The van der Waals surface area contributed by atoms with Gasteiger partial charge in [-0.05, 0) is 31.4 Å². The van der Waals surface area contributed by atoms with Crippen LogP contribution in [0.4, 0.5) is 0 Å². The summed E-state index contributed by atoms with van der Waals surface area (Å²) < 4.78 is 29.9. The number of carbonyl (C=O) groups excluding carboxylic acids is 2. The smallest absolute Gasteiger partial charge is 0.282 e. The van der Waals surface area contributed by atoms with Crippen LogP contribution in [0, 0.1) is 0 Å². The number of amides is 2. The molecule has 166 valence electrons. The minimum Gasteiger partial charge on any atom is -0.282 e. The second-order valence-electron chi connectivity index (χ2n) is 7.82. The molecule has 2 aromatic rings. The molecule has 1 saturated heterocycles.